The van der Waals surface area contributed by atoms with Crippen molar-refractivity contribution < 1.29 is 9.53 Å². The van der Waals surface area contributed by atoms with Crippen LogP contribution in [0.2, 0.25) is 0 Å². The van der Waals surface area contributed by atoms with E-state index in [2.05, 4.69) is 25.8 Å². The van der Waals surface area contributed by atoms with Crippen LogP contribution >= 0.6 is 15.9 Å². The van der Waals surface area contributed by atoms with Gasteiger partial charge in [-0.2, -0.15) is 0 Å². The molecule has 1 unspecified atom stereocenters. The van der Waals surface area contributed by atoms with Gasteiger partial charge in [0.1, 0.15) is 17.6 Å². The van der Waals surface area contributed by atoms with Gasteiger partial charge in [0.2, 0.25) is 0 Å². The molecule has 0 amide bonds. The molecule has 2 rings (SSSR count). The van der Waals surface area contributed by atoms with E-state index < -0.39 is 0 Å². The number of esters is 1. The SMILES string of the molecule is CC(=O)OC(CBr)CCCCCCCCCCCCN1CN(C)c2c1n(C)c(=O)[nH]c2=O. The summed E-state index contributed by atoms with van der Waals surface area (Å²) in [6, 6.07) is 0. The van der Waals surface area contributed by atoms with Crippen LogP contribution in [0, 0.1) is 0 Å². The van der Waals surface area contributed by atoms with Gasteiger partial charge in [0.05, 0.1) is 6.67 Å². The van der Waals surface area contributed by atoms with Gasteiger partial charge in [-0.1, -0.05) is 67.3 Å². The minimum Gasteiger partial charge on any atom is -0.462 e. The average molecular weight is 515 g/mol. The highest BCUT2D eigenvalue weighted by atomic mass is 79.9. The molecule has 0 saturated heterocycles. The zero-order valence-corrected chi connectivity index (χ0v) is 21.4. The first-order valence-electron chi connectivity index (χ1n) is 11.9. The van der Waals surface area contributed by atoms with Crippen molar-refractivity contribution in [1.82, 2.24) is 9.55 Å². The first kappa shape index (κ1) is 26.5. The third-order valence-corrected chi connectivity index (χ3v) is 6.76. The Kier molecular flexibility index (Phi) is 11.3. The number of aromatic amines is 1. The summed E-state index contributed by atoms with van der Waals surface area (Å²) in [5, 5.41) is 0.712. The number of carbonyl (C=O) groups is 1. The lowest BCUT2D eigenvalue weighted by atomic mass is 10.0. The number of alkyl halides is 1. The summed E-state index contributed by atoms with van der Waals surface area (Å²) in [5.74, 6) is 0.532. The van der Waals surface area contributed by atoms with Gasteiger partial charge in [-0.15, -0.1) is 0 Å². The number of fused-ring (bicyclic) bond motifs is 1. The van der Waals surface area contributed by atoms with Crippen molar-refractivity contribution in [2.45, 2.75) is 83.7 Å². The van der Waals surface area contributed by atoms with E-state index >= 15 is 0 Å². The summed E-state index contributed by atoms with van der Waals surface area (Å²) in [6.07, 6.45) is 13.0. The molecule has 8 nitrogen and oxygen atoms in total. The summed E-state index contributed by atoms with van der Waals surface area (Å²) in [6.45, 7) is 2.97. The van der Waals surface area contributed by atoms with Crippen molar-refractivity contribution in [2.24, 2.45) is 7.05 Å². The highest BCUT2D eigenvalue weighted by Crippen LogP contribution is 2.29. The molecule has 32 heavy (non-hydrogen) atoms. The number of nitrogens with one attached hydrogen (secondary N) is 1. The number of aromatic nitrogens is 2. The van der Waals surface area contributed by atoms with Crippen LogP contribution in [0.15, 0.2) is 9.59 Å². The standard InChI is InChI=1S/C23H39BrN4O4/c1-18(29)32-19(16-24)14-12-10-8-6-4-5-7-9-11-13-15-28-17-26(2)20-21(30)25-23(31)27(3)22(20)28/h19H,4-17H2,1-3H3,(H,25,30,31). The molecule has 0 radical (unpaired) electrons. The Morgan fingerprint density at radius 1 is 1.00 bits per heavy atom. The Balaban J connectivity index is 1.52. The number of H-pyrrole nitrogens is 1. The maximum atomic E-state index is 12.1. The molecule has 1 aliphatic rings. The Morgan fingerprint density at radius 3 is 2.12 bits per heavy atom. The monoisotopic (exact) mass is 514 g/mol. The predicted molar refractivity (Wildman–Crippen MR) is 133 cm³/mol. The van der Waals surface area contributed by atoms with E-state index in [0.717, 1.165) is 38.0 Å². The normalized spacial score (nSPS) is 14.0. The van der Waals surface area contributed by atoms with Crippen molar-refractivity contribution in [3.8, 4) is 0 Å². The average Bonchev–Trinajstić information content (AvgIpc) is 3.08. The predicted octanol–water partition coefficient (Wildman–Crippen LogP) is 3.91. The highest BCUT2D eigenvalue weighted by molar-refractivity contribution is 9.09. The van der Waals surface area contributed by atoms with Gasteiger partial charge < -0.3 is 14.5 Å². The minimum absolute atomic E-state index is 0.00694. The number of ether oxygens (including phenoxy) is 1. The molecular formula is C23H39BrN4O4. The van der Waals surface area contributed by atoms with Crippen LogP contribution in [0.3, 0.4) is 0 Å². The molecule has 182 valence electrons. The van der Waals surface area contributed by atoms with Gasteiger partial charge in [-0.3, -0.25) is 19.1 Å². The summed E-state index contributed by atoms with van der Waals surface area (Å²) in [7, 11) is 3.60. The van der Waals surface area contributed by atoms with Crippen LogP contribution in [0.4, 0.5) is 11.5 Å². The third-order valence-electron chi connectivity index (χ3n) is 6.04. The topological polar surface area (TPSA) is 87.6 Å². The lowest BCUT2D eigenvalue weighted by molar-refractivity contribution is -0.145. The zero-order chi connectivity index (χ0) is 23.5. The van der Waals surface area contributed by atoms with Crippen LogP contribution in [-0.2, 0) is 16.6 Å². The van der Waals surface area contributed by atoms with Crippen molar-refractivity contribution in [3.63, 3.8) is 0 Å². The van der Waals surface area contributed by atoms with E-state index in [9.17, 15) is 14.4 Å². The van der Waals surface area contributed by atoms with E-state index in [1.54, 1.807) is 7.05 Å². The fraction of sp³-hybridized carbons (Fsp3) is 0.783. The molecule has 0 saturated carbocycles. The van der Waals surface area contributed by atoms with Gasteiger partial charge in [-0.25, -0.2) is 4.79 Å². The van der Waals surface area contributed by atoms with Gasteiger partial charge in [0, 0.05) is 32.9 Å². The van der Waals surface area contributed by atoms with Crippen LogP contribution in [0.1, 0.15) is 77.6 Å². The van der Waals surface area contributed by atoms with Crippen LogP contribution < -0.4 is 21.0 Å². The van der Waals surface area contributed by atoms with Gasteiger partial charge in [0.25, 0.3) is 5.56 Å². The Hall–Kier alpha value is -1.77. The van der Waals surface area contributed by atoms with E-state index in [4.69, 9.17) is 4.74 Å². The van der Waals surface area contributed by atoms with E-state index in [0.29, 0.717) is 17.7 Å². The van der Waals surface area contributed by atoms with Crippen molar-refractivity contribution in [2.75, 3.05) is 35.4 Å². The molecule has 1 N–H and O–H groups in total. The molecule has 1 aromatic rings. The van der Waals surface area contributed by atoms with Crippen molar-refractivity contribution >= 4 is 33.4 Å². The minimum atomic E-state index is -0.360. The van der Waals surface area contributed by atoms with E-state index in [1.165, 1.54) is 56.4 Å². The summed E-state index contributed by atoms with van der Waals surface area (Å²) < 4.78 is 6.78. The van der Waals surface area contributed by atoms with Crippen molar-refractivity contribution in [3.05, 3.63) is 20.8 Å². The smallest absolute Gasteiger partial charge is 0.329 e. The number of unbranched alkanes of at least 4 members (excludes halogenated alkanes) is 9. The molecule has 0 fully saturated rings. The zero-order valence-electron chi connectivity index (χ0n) is 19.8. The van der Waals surface area contributed by atoms with Crippen LogP contribution in [0.25, 0.3) is 0 Å². The molecule has 1 atom stereocenters. The Labute approximate surface area is 199 Å². The number of rotatable bonds is 15. The largest absolute Gasteiger partial charge is 0.462 e. The first-order valence-corrected chi connectivity index (χ1v) is 13.0. The lowest BCUT2D eigenvalue weighted by Crippen LogP contribution is -2.32. The van der Waals surface area contributed by atoms with Crippen molar-refractivity contribution in [1.29, 1.82) is 0 Å². The van der Waals surface area contributed by atoms with Gasteiger partial charge >= 0.3 is 11.7 Å². The number of hydrogen-bond acceptors (Lipinski definition) is 6. The maximum absolute atomic E-state index is 12.1. The number of nitrogens with zero attached hydrogens (tertiary/aromatic N) is 3. The van der Waals surface area contributed by atoms with Crippen LogP contribution in [0.5, 0.6) is 0 Å². The third kappa shape index (κ3) is 7.98. The molecule has 0 bridgehead atoms. The summed E-state index contributed by atoms with van der Waals surface area (Å²) in [5.41, 5.74) is -0.0805. The fourth-order valence-electron chi connectivity index (χ4n) is 4.36. The lowest BCUT2D eigenvalue weighted by Gasteiger charge is -2.20. The van der Waals surface area contributed by atoms with E-state index in [-0.39, 0.29) is 23.3 Å². The number of anilines is 2. The second-order valence-corrected chi connectivity index (χ2v) is 9.45. The first-order chi connectivity index (χ1) is 15.3. The molecule has 9 heteroatoms. The second-order valence-electron chi connectivity index (χ2n) is 8.80. The molecule has 0 aliphatic carbocycles. The van der Waals surface area contributed by atoms with Gasteiger partial charge in [-0.05, 0) is 19.3 Å². The molecule has 0 spiro atoms. The second kappa shape index (κ2) is 13.7. The summed E-state index contributed by atoms with van der Waals surface area (Å²) >= 11 is 3.40. The highest BCUT2D eigenvalue weighted by Gasteiger charge is 2.28. The summed E-state index contributed by atoms with van der Waals surface area (Å²) in [4.78, 5) is 41.5. The van der Waals surface area contributed by atoms with Gasteiger partial charge in [0.15, 0.2) is 0 Å². The maximum Gasteiger partial charge on any atom is 0.329 e. The number of carbonyl (C=O) groups excluding carboxylic acids is 1. The quantitative estimate of drug-likeness (QED) is 0.217. The molecular weight excluding hydrogens is 476 g/mol. The van der Waals surface area contributed by atoms with Crippen LogP contribution in [-0.4, -0.2) is 47.2 Å². The molecule has 0 aromatic carbocycles. The fourth-order valence-corrected chi connectivity index (χ4v) is 4.82. The Bertz CT molecular complexity index is 838. The number of halogens is 1. The number of hydrogen-bond donors (Lipinski definition) is 1. The molecule has 1 aliphatic heterocycles. The van der Waals surface area contributed by atoms with E-state index in [1.807, 2.05) is 11.9 Å². The Morgan fingerprint density at radius 2 is 1.56 bits per heavy atom. The molecule has 2 heterocycles. The molecule has 1 aromatic heterocycles.